The zero-order chi connectivity index (χ0) is 13.0. The second kappa shape index (κ2) is 6.17. The lowest BCUT2D eigenvalue weighted by atomic mass is 10.0. The van der Waals surface area contributed by atoms with Gasteiger partial charge in [0.1, 0.15) is 0 Å². The van der Waals surface area contributed by atoms with Gasteiger partial charge in [0.05, 0.1) is 17.0 Å². The van der Waals surface area contributed by atoms with Crippen LogP contribution in [0.2, 0.25) is 5.02 Å². The minimum Gasteiger partial charge on any atom is -0.462 e. The van der Waals surface area contributed by atoms with Crippen molar-refractivity contribution in [3.63, 3.8) is 0 Å². The Kier molecular flexibility index (Phi) is 5.15. The van der Waals surface area contributed by atoms with Gasteiger partial charge in [-0.3, -0.25) is 4.79 Å². The Morgan fingerprint density at radius 2 is 2.06 bits per heavy atom. The number of alkyl halides is 1. The topological polar surface area (TPSA) is 43.4 Å². The molecule has 0 aliphatic carbocycles. The fourth-order valence-corrected chi connectivity index (χ4v) is 1.74. The summed E-state index contributed by atoms with van der Waals surface area (Å²) in [6.07, 6.45) is 0. The van der Waals surface area contributed by atoms with Crippen LogP contribution in [0.5, 0.6) is 0 Å². The number of rotatable bonds is 4. The van der Waals surface area contributed by atoms with Crippen molar-refractivity contribution in [3.8, 4) is 0 Å². The molecule has 1 unspecified atom stereocenters. The third-order valence-electron chi connectivity index (χ3n) is 2.10. The molecule has 0 bridgehead atoms. The van der Waals surface area contributed by atoms with Gasteiger partial charge in [-0.1, -0.05) is 27.5 Å². The molecule has 0 aliphatic heterocycles. The maximum Gasteiger partial charge on any atom is 0.338 e. The Bertz CT molecular complexity index is 443. The van der Waals surface area contributed by atoms with Crippen molar-refractivity contribution in [1.82, 2.24) is 0 Å². The Labute approximate surface area is 113 Å². The number of carbonyl (C=O) groups excluding carboxylic acids is 2. The molecule has 0 radical (unpaired) electrons. The average molecular weight is 320 g/mol. The summed E-state index contributed by atoms with van der Waals surface area (Å²) in [4.78, 5) is 23.2. The molecule has 0 aliphatic rings. The van der Waals surface area contributed by atoms with E-state index in [0.29, 0.717) is 5.02 Å². The number of benzene rings is 1. The first kappa shape index (κ1) is 14.2. The second-order valence-electron chi connectivity index (χ2n) is 3.39. The molecule has 17 heavy (non-hydrogen) atoms. The smallest absolute Gasteiger partial charge is 0.338 e. The molecule has 1 rings (SSSR count). The van der Waals surface area contributed by atoms with Gasteiger partial charge in [0, 0.05) is 10.6 Å². The van der Waals surface area contributed by atoms with E-state index in [4.69, 9.17) is 16.3 Å². The first-order valence-electron chi connectivity index (χ1n) is 5.12. The van der Waals surface area contributed by atoms with E-state index in [1.54, 1.807) is 19.9 Å². The van der Waals surface area contributed by atoms with Gasteiger partial charge in [-0.05, 0) is 32.0 Å². The molecule has 0 aromatic heterocycles. The number of halogens is 2. The number of ether oxygens (including phenoxy) is 1. The molecule has 0 saturated carbocycles. The Balaban J connectivity index is 3.21. The van der Waals surface area contributed by atoms with Gasteiger partial charge in [0.2, 0.25) is 0 Å². The van der Waals surface area contributed by atoms with Crippen LogP contribution in [0.15, 0.2) is 18.2 Å². The lowest BCUT2D eigenvalue weighted by Crippen LogP contribution is -2.16. The van der Waals surface area contributed by atoms with Crippen LogP contribution in [0.1, 0.15) is 34.6 Å². The van der Waals surface area contributed by atoms with Gasteiger partial charge in [0.25, 0.3) is 0 Å². The normalized spacial score (nSPS) is 12.0. The molecule has 0 amide bonds. The molecule has 0 heterocycles. The first-order chi connectivity index (χ1) is 7.97. The van der Waals surface area contributed by atoms with Crippen molar-refractivity contribution < 1.29 is 14.3 Å². The molecular formula is C12H12BrClO3. The zero-order valence-electron chi connectivity index (χ0n) is 9.50. The van der Waals surface area contributed by atoms with E-state index in [0.717, 1.165) is 0 Å². The predicted octanol–water partition coefficient (Wildman–Crippen LogP) is 3.48. The zero-order valence-corrected chi connectivity index (χ0v) is 11.8. The van der Waals surface area contributed by atoms with Gasteiger partial charge < -0.3 is 4.74 Å². The number of Topliss-reactive ketones (excluding diaryl/α,β-unsaturated/α-hetero) is 1. The van der Waals surface area contributed by atoms with E-state index in [1.807, 2.05) is 0 Å². The van der Waals surface area contributed by atoms with E-state index < -0.39 is 5.97 Å². The Morgan fingerprint density at radius 1 is 1.41 bits per heavy atom. The third kappa shape index (κ3) is 3.54. The van der Waals surface area contributed by atoms with Crippen LogP contribution in [0.4, 0.5) is 0 Å². The van der Waals surface area contributed by atoms with Gasteiger partial charge in [-0.15, -0.1) is 0 Å². The predicted molar refractivity (Wildman–Crippen MR) is 70.1 cm³/mol. The van der Waals surface area contributed by atoms with Crippen LogP contribution in [-0.4, -0.2) is 23.2 Å². The molecule has 1 aromatic carbocycles. The van der Waals surface area contributed by atoms with E-state index in [-0.39, 0.29) is 28.3 Å². The quantitative estimate of drug-likeness (QED) is 0.485. The lowest BCUT2D eigenvalue weighted by Gasteiger charge is -2.09. The summed E-state index contributed by atoms with van der Waals surface area (Å²) >= 11 is 9.01. The minimum atomic E-state index is -0.513. The van der Waals surface area contributed by atoms with Crippen molar-refractivity contribution in [2.24, 2.45) is 0 Å². The highest BCUT2D eigenvalue weighted by molar-refractivity contribution is 9.10. The van der Waals surface area contributed by atoms with Gasteiger partial charge in [-0.25, -0.2) is 4.79 Å². The number of esters is 1. The van der Waals surface area contributed by atoms with Gasteiger partial charge in [0.15, 0.2) is 5.78 Å². The van der Waals surface area contributed by atoms with Crippen LogP contribution in [0, 0.1) is 0 Å². The van der Waals surface area contributed by atoms with Gasteiger partial charge in [-0.2, -0.15) is 0 Å². The fourth-order valence-electron chi connectivity index (χ4n) is 1.32. The van der Waals surface area contributed by atoms with Crippen LogP contribution in [0.25, 0.3) is 0 Å². The number of hydrogen-bond acceptors (Lipinski definition) is 3. The van der Waals surface area contributed by atoms with Crippen molar-refractivity contribution in [2.45, 2.75) is 18.7 Å². The molecule has 5 heteroatoms. The molecule has 0 spiro atoms. The molecule has 92 valence electrons. The molecule has 3 nitrogen and oxygen atoms in total. The maximum atomic E-state index is 11.9. The van der Waals surface area contributed by atoms with E-state index in [2.05, 4.69) is 15.9 Å². The van der Waals surface area contributed by atoms with Crippen LogP contribution < -0.4 is 0 Å². The third-order valence-corrected chi connectivity index (χ3v) is 2.75. The summed E-state index contributed by atoms with van der Waals surface area (Å²) in [7, 11) is 0. The van der Waals surface area contributed by atoms with E-state index in [9.17, 15) is 9.59 Å². The number of ketones is 1. The molecule has 1 atom stereocenters. The van der Waals surface area contributed by atoms with Crippen molar-refractivity contribution in [2.75, 3.05) is 6.61 Å². The summed E-state index contributed by atoms with van der Waals surface area (Å²) in [5.74, 6) is -0.712. The second-order valence-corrected chi connectivity index (χ2v) is 5.20. The standard InChI is InChI=1S/C12H12BrClO3/c1-3-17-12(16)9-5-4-8(14)6-10(9)11(15)7(2)13/h4-7H,3H2,1-2H3. The van der Waals surface area contributed by atoms with Crippen molar-refractivity contribution >= 4 is 39.3 Å². The first-order valence-corrected chi connectivity index (χ1v) is 6.41. The summed E-state index contributed by atoms with van der Waals surface area (Å²) in [6, 6.07) is 4.54. The SMILES string of the molecule is CCOC(=O)c1ccc(Cl)cc1C(=O)C(C)Br. The van der Waals surface area contributed by atoms with Crippen molar-refractivity contribution in [1.29, 1.82) is 0 Å². The van der Waals surface area contributed by atoms with Crippen LogP contribution >= 0.6 is 27.5 Å². The molecule has 1 aromatic rings. The Hall–Kier alpha value is -0.870. The van der Waals surface area contributed by atoms with Gasteiger partial charge >= 0.3 is 5.97 Å². The summed E-state index contributed by atoms with van der Waals surface area (Å²) in [6.45, 7) is 3.67. The highest BCUT2D eigenvalue weighted by Gasteiger charge is 2.21. The average Bonchev–Trinajstić information content (AvgIpc) is 2.28. The molecule has 0 N–H and O–H groups in total. The van der Waals surface area contributed by atoms with E-state index in [1.165, 1.54) is 12.1 Å². The largest absolute Gasteiger partial charge is 0.462 e. The number of carbonyl (C=O) groups is 2. The van der Waals surface area contributed by atoms with Crippen molar-refractivity contribution in [3.05, 3.63) is 34.3 Å². The highest BCUT2D eigenvalue weighted by atomic mass is 79.9. The van der Waals surface area contributed by atoms with Crippen LogP contribution in [0.3, 0.4) is 0 Å². The molecular weight excluding hydrogens is 307 g/mol. The lowest BCUT2D eigenvalue weighted by molar-refractivity contribution is 0.0523. The monoisotopic (exact) mass is 318 g/mol. The van der Waals surface area contributed by atoms with Crippen LogP contribution in [-0.2, 0) is 4.74 Å². The molecule has 0 saturated heterocycles. The fraction of sp³-hybridized carbons (Fsp3) is 0.333. The summed E-state index contributed by atoms with van der Waals surface area (Å²) in [5, 5.41) is 0.412. The summed E-state index contributed by atoms with van der Waals surface area (Å²) in [5.41, 5.74) is 0.521. The summed E-state index contributed by atoms with van der Waals surface area (Å²) < 4.78 is 4.89. The maximum absolute atomic E-state index is 11.9. The highest BCUT2D eigenvalue weighted by Crippen LogP contribution is 2.20. The Morgan fingerprint density at radius 3 is 2.59 bits per heavy atom. The van der Waals surface area contributed by atoms with E-state index >= 15 is 0 Å². The molecule has 0 fully saturated rings. The number of hydrogen-bond donors (Lipinski definition) is 0. The minimum absolute atomic E-state index is 0.199.